The largest absolute Gasteiger partial charge is 0.318 e. The van der Waals surface area contributed by atoms with Gasteiger partial charge >= 0.3 is 0 Å². The number of anilines is 1. The topological polar surface area (TPSA) is 48.5 Å². The Labute approximate surface area is 165 Å². The second kappa shape index (κ2) is 8.09. The molecule has 2 aromatic heterocycles. The number of carbonyl (C=O) groups is 1. The molecule has 1 unspecified atom stereocenters. The van der Waals surface area contributed by atoms with Gasteiger partial charge in [0.15, 0.2) is 0 Å². The van der Waals surface area contributed by atoms with Gasteiger partial charge in [-0.15, -0.1) is 11.3 Å². The molecule has 144 valence electrons. The van der Waals surface area contributed by atoms with Crippen LogP contribution < -0.4 is 5.32 Å². The summed E-state index contributed by atoms with van der Waals surface area (Å²) in [6.07, 6.45) is 8.56. The van der Waals surface area contributed by atoms with Gasteiger partial charge in [-0.3, -0.25) is 14.7 Å². The van der Waals surface area contributed by atoms with Crippen molar-refractivity contribution < 1.29 is 4.79 Å². The monoisotopic (exact) mass is 384 g/mol. The van der Waals surface area contributed by atoms with E-state index in [9.17, 15) is 4.79 Å². The quantitative estimate of drug-likeness (QED) is 0.879. The van der Waals surface area contributed by atoms with Crippen LogP contribution >= 0.6 is 11.3 Å². The standard InChI is InChI=1S/C21H28N4OS/c1-15(26)23-21-19(17-7-3-4-8-18(17)27-21)20(16-6-5-9-22-14-16)25-12-10-24(2)11-13-25/h5-6,9,14,20H,3-4,7-8,10-13H2,1-2H3,(H,23,26). The summed E-state index contributed by atoms with van der Waals surface area (Å²) in [5.74, 6) is 0.0122. The van der Waals surface area contributed by atoms with Gasteiger partial charge in [0.25, 0.3) is 0 Å². The third-order valence-electron chi connectivity index (χ3n) is 5.68. The van der Waals surface area contributed by atoms with Crippen LogP contribution in [0.25, 0.3) is 0 Å². The van der Waals surface area contributed by atoms with Crippen molar-refractivity contribution >= 4 is 22.2 Å². The fraction of sp³-hybridized carbons (Fsp3) is 0.524. The molecule has 3 heterocycles. The maximum absolute atomic E-state index is 11.9. The Bertz CT molecular complexity index is 796. The molecule has 1 fully saturated rings. The first kappa shape index (κ1) is 18.6. The first-order valence-corrected chi connectivity index (χ1v) is 10.7. The van der Waals surface area contributed by atoms with Crippen LogP contribution in [0.5, 0.6) is 0 Å². The van der Waals surface area contributed by atoms with Crippen molar-refractivity contribution in [3.63, 3.8) is 0 Å². The lowest BCUT2D eigenvalue weighted by molar-refractivity contribution is -0.114. The van der Waals surface area contributed by atoms with Gasteiger partial charge in [-0.2, -0.15) is 0 Å². The molecule has 1 aliphatic carbocycles. The van der Waals surface area contributed by atoms with Crippen molar-refractivity contribution in [2.45, 2.75) is 38.6 Å². The summed E-state index contributed by atoms with van der Waals surface area (Å²) >= 11 is 1.79. The van der Waals surface area contributed by atoms with Crippen LogP contribution in [0.2, 0.25) is 0 Å². The van der Waals surface area contributed by atoms with Crippen molar-refractivity contribution in [2.75, 3.05) is 38.5 Å². The number of carbonyl (C=O) groups excluding carboxylic acids is 1. The number of piperazine rings is 1. The number of nitrogens with one attached hydrogen (secondary N) is 1. The number of amides is 1. The van der Waals surface area contributed by atoms with E-state index in [2.05, 4.69) is 33.2 Å². The van der Waals surface area contributed by atoms with Crippen LogP contribution in [0.1, 0.15) is 47.4 Å². The van der Waals surface area contributed by atoms with E-state index in [0.29, 0.717) is 0 Å². The summed E-state index contributed by atoms with van der Waals surface area (Å²) in [4.78, 5) is 22.7. The highest BCUT2D eigenvalue weighted by Crippen LogP contribution is 2.45. The van der Waals surface area contributed by atoms with Crippen LogP contribution in [-0.2, 0) is 17.6 Å². The van der Waals surface area contributed by atoms with E-state index in [1.807, 2.05) is 18.5 Å². The molecular weight excluding hydrogens is 356 g/mol. The van der Waals surface area contributed by atoms with Crippen LogP contribution in [0, 0.1) is 0 Å². The summed E-state index contributed by atoms with van der Waals surface area (Å²) in [6, 6.07) is 4.36. The lowest BCUT2D eigenvalue weighted by Crippen LogP contribution is -2.46. The van der Waals surface area contributed by atoms with Crippen LogP contribution in [0.3, 0.4) is 0 Å². The van der Waals surface area contributed by atoms with Gasteiger partial charge < -0.3 is 10.2 Å². The summed E-state index contributed by atoms with van der Waals surface area (Å²) in [5, 5.41) is 4.19. The number of aryl methyl sites for hydroxylation is 1. The highest BCUT2D eigenvalue weighted by molar-refractivity contribution is 7.16. The summed E-state index contributed by atoms with van der Waals surface area (Å²) < 4.78 is 0. The zero-order chi connectivity index (χ0) is 18.8. The molecule has 0 radical (unpaired) electrons. The zero-order valence-corrected chi connectivity index (χ0v) is 17.0. The maximum Gasteiger partial charge on any atom is 0.221 e. The first-order chi connectivity index (χ1) is 13.1. The molecule has 0 saturated carbocycles. The maximum atomic E-state index is 11.9. The molecule has 6 heteroatoms. The van der Waals surface area contributed by atoms with Crippen molar-refractivity contribution in [3.8, 4) is 0 Å². The first-order valence-electron chi connectivity index (χ1n) is 9.88. The average Bonchev–Trinajstić information content (AvgIpc) is 3.02. The SMILES string of the molecule is CC(=O)Nc1sc2c(c1C(c1cccnc1)N1CCN(C)CC1)CCCC2. The molecule has 0 aromatic carbocycles. The van der Waals surface area contributed by atoms with Crippen molar-refractivity contribution in [1.29, 1.82) is 0 Å². The number of likely N-dealkylation sites (N-methyl/N-ethyl adjacent to an activating group) is 1. The number of fused-ring (bicyclic) bond motifs is 1. The number of hydrogen-bond acceptors (Lipinski definition) is 5. The third-order valence-corrected chi connectivity index (χ3v) is 6.90. The van der Waals surface area contributed by atoms with E-state index in [0.717, 1.165) is 44.0 Å². The molecule has 0 bridgehead atoms. The van der Waals surface area contributed by atoms with Crippen LogP contribution in [0.15, 0.2) is 24.5 Å². The van der Waals surface area contributed by atoms with Gasteiger partial charge in [-0.25, -0.2) is 0 Å². The Balaban J connectivity index is 1.82. The molecule has 1 aliphatic heterocycles. The molecule has 0 spiro atoms. The summed E-state index contributed by atoms with van der Waals surface area (Å²) in [6.45, 7) is 5.80. The van der Waals surface area contributed by atoms with E-state index in [4.69, 9.17) is 0 Å². The second-order valence-corrected chi connectivity index (χ2v) is 8.77. The van der Waals surface area contributed by atoms with Gasteiger partial charge in [0.1, 0.15) is 5.00 Å². The Morgan fingerprint density at radius 1 is 1.22 bits per heavy atom. The van der Waals surface area contributed by atoms with E-state index < -0.39 is 0 Å². The predicted octanol–water partition coefficient (Wildman–Crippen LogP) is 3.32. The highest BCUT2D eigenvalue weighted by atomic mass is 32.1. The number of thiophene rings is 1. The van der Waals surface area contributed by atoms with Gasteiger partial charge in [0.2, 0.25) is 5.91 Å². The fourth-order valence-corrected chi connectivity index (χ4v) is 5.68. The van der Waals surface area contributed by atoms with E-state index in [1.54, 1.807) is 18.3 Å². The Hall–Kier alpha value is -1.76. The zero-order valence-electron chi connectivity index (χ0n) is 16.2. The minimum Gasteiger partial charge on any atom is -0.318 e. The Morgan fingerprint density at radius 2 is 2.00 bits per heavy atom. The molecule has 1 amide bonds. The second-order valence-electron chi connectivity index (χ2n) is 7.66. The molecule has 1 saturated heterocycles. The van der Waals surface area contributed by atoms with E-state index in [-0.39, 0.29) is 11.9 Å². The minimum absolute atomic E-state index is 0.0122. The number of nitrogens with zero attached hydrogens (tertiary/aromatic N) is 3. The lowest BCUT2D eigenvalue weighted by Gasteiger charge is -2.39. The molecule has 5 nitrogen and oxygen atoms in total. The number of aromatic nitrogens is 1. The van der Waals surface area contributed by atoms with Crippen LogP contribution in [0.4, 0.5) is 5.00 Å². The molecule has 4 rings (SSSR count). The minimum atomic E-state index is 0.0122. The smallest absolute Gasteiger partial charge is 0.221 e. The third kappa shape index (κ3) is 3.93. The van der Waals surface area contributed by atoms with Gasteiger partial charge in [0.05, 0.1) is 6.04 Å². The highest BCUT2D eigenvalue weighted by Gasteiger charge is 2.33. The van der Waals surface area contributed by atoms with E-state index >= 15 is 0 Å². The summed E-state index contributed by atoms with van der Waals surface area (Å²) in [7, 11) is 2.19. The summed E-state index contributed by atoms with van der Waals surface area (Å²) in [5.41, 5.74) is 4.02. The molecular formula is C21H28N4OS. The molecule has 27 heavy (non-hydrogen) atoms. The average molecular weight is 385 g/mol. The van der Waals surface area contributed by atoms with Crippen LogP contribution in [-0.4, -0.2) is 53.9 Å². The fourth-order valence-electron chi connectivity index (χ4n) is 4.31. The van der Waals surface area contributed by atoms with Crippen molar-refractivity contribution in [3.05, 3.63) is 46.1 Å². The van der Waals surface area contributed by atoms with Gasteiger partial charge in [-0.05, 0) is 49.9 Å². The molecule has 2 aliphatic rings. The van der Waals surface area contributed by atoms with Gasteiger partial charge in [-0.1, -0.05) is 6.07 Å². The molecule has 1 atom stereocenters. The Kier molecular flexibility index (Phi) is 5.57. The number of hydrogen-bond donors (Lipinski definition) is 1. The van der Waals surface area contributed by atoms with Crippen molar-refractivity contribution in [1.82, 2.24) is 14.8 Å². The van der Waals surface area contributed by atoms with E-state index in [1.165, 1.54) is 34.4 Å². The normalized spacial score (nSPS) is 19.5. The number of rotatable bonds is 4. The number of pyridine rings is 1. The van der Waals surface area contributed by atoms with Crippen molar-refractivity contribution in [2.24, 2.45) is 0 Å². The molecule has 1 N–H and O–H groups in total. The lowest BCUT2D eigenvalue weighted by atomic mass is 9.89. The van der Waals surface area contributed by atoms with Gasteiger partial charge in [0, 0.05) is 55.9 Å². The Morgan fingerprint density at radius 3 is 2.70 bits per heavy atom. The predicted molar refractivity (Wildman–Crippen MR) is 110 cm³/mol. The molecule has 2 aromatic rings.